The number of hydrogen-bond acceptors (Lipinski definition) is 3. The van der Waals surface area contributed by atoms with Crippen LogP contribution in [-0.2, 0) is 4.79 Å². The summed E-state index contributed by atoms with van der Waals surface area (Å²) in [6.07, 6.45) is 11.4. The summed E-state index contributed by atoms with van der Waals surface area (Å²) in [5.41, 5.74) is 0.938. The predicted molar refractivity (Wildman–Crippen MR) is 102 cm³/mol. The molecular formula is C18H18ClNOS2. The molecule has 120 valence electrons. The number of nitrogens with zero attached hydrogens (tertiary/aromatic N) is 1. The van der Waals surface area contributed by atoms with E-state index in [4.69, 9.17) is 23.8 Å². The number of thioether (sulfide) groups is 1. The average molecular weight is 364 g/mol. The van der Waals surface area contributed by atoms with E-state index in [0.29, 0.717) is 14.2 Å². The van der Waals surface area contributed by atoms with E-state index in [9.17, 15) is 4.79 Å². The van der Waals surface area contributed by atoms with Gasteiger partial charge >= 0.3 is 0 Å². The molecule has 1 amide bonds. The maximum Gasteiger partial charge on any atom is 0.266 e. The summed E-state index contributed by atoms with van der Waals surface area (Å²) < 4.78 is 0.694. The van der Waals surface area contributed by atoms with Gasteiger partial charge in [-0.15, -0.1) is 0 Å². The van der Waals surface area contributed by atoms with Gasteiger partial charge in [0.2, 0.25) is 0 Å². The summed E-state index contributed by atoms with van der Waals surface area (Å²) in [6.45, 7) is 0. The number of benzene rings is 1. The topological polar surface area (TPSA) is 20.3 Å². The Bertz CT molecular complexity index is 677. The molecule has 0 atom stereocenters. The average Bonchev–Trinajstić information content (AvgIpc) is 2.84. The zero-order chi connectivity index (χ0) is 16.2. The largest absolute Gasteiger partial charge is 0.290 e. The van der Waals surface area contributed by atoms with E-state index in [0.717, 1.165) is 18.4 Å². The lowest BCUT2D eigenvalue weighted by atomic mass is 9.94. The van der Waals surface area contributed by atoms with E-state index >= 15 is 0 Å². The van der Waals surface area contributed by atoms with E-state index in [1.807, 2.05) is 47.4 Å². The third kappa shape index (κ3) is 3.87. The van der Waals surface area contributed by atoms with Crippen LogP contribution >= 0.6 is 35.6 Å². The highest BCUT2D eigenvalue weighted by Crippen LogP contribution is 2.36. The zero-order valence-corrected chi connectivity index (χ0v) is 15.1. The summed E-state index contributed by atoms with van der Waals surface area (Å²) >= 11 is 12.9. The summed E-state index contributed by atoms with van der Waals surface area (Å²) in [5.74, 6) is 0.0516. The van der Waals surface area contributed by atoms with Crippen LogP contribution in [0.1, 0.15) is 37.7 Å². The minimum Gasteiger partial charge on any atom is -0.290 e. The second-order valence-electron chi connectivity index (χ2n) is 5.75. The molecule has 2 fully saturated rings. The van der Waals surface area contributed by atoms with Crippen LogP contribution in [0.4, 0.5) is 0 Å². The van der Waals surface area contributed by atoms with Crippen LogP contribution < -0.4 is 0 Å². The molecule has 23 heavy (non-hydrogen) atoms. The predicted octanol–water partition coefficient (Wildman–Crippen LogP) is 5.43. The van der Waals surface area contributed by atoms with Crippen molar-refractivity contribution in [2.24, 2.45) is 0 Å². The monoisotopic (exact) mass is 363 g/mol. The molecule has 0 aromatic heterocycles. The molecule has 0 bridgehead atoms. The number of halogens is 1. The maximum atomic E-state index is 12.6. The van der Waals surface area contributed by atoms with Crippen LogP contribution in [0.25, 0.3) is 6.08 Å². The van der Waals surface area contributed by atoms with Gasteiger partial charge in [-0.3, -0.25) is 9.69 Å². The minimum absolute atomic E-state index is 0.0516. The van der Waals surface area contributed by atoms with Crippen molar-refractivity contribution in [1.82, 2.24) is 4.90 Å². The molecule has 2 nitrogen and oxygen atoms in total. The molecule has 2 aliphatic rings. The number of rotatable bonds is 3. The molecule has 3 rings (SSSR count). The van der Waals surface area contributed by atoms with Gasteiger partial charge in [0.05, 0.1) is 4.91 Å². The van der Waals surface area contributed by atoms with E-state index in [1.165, 1.54) is 31.0 Å². The lowest BCUT2D eigenvalue weighted by molar-refractivity contribution is -0.124. The molecule has 0 N–H and O–H groups in total. The van der Waals surface area contributed by atoms with Gasteiger partial charge in [-0.2, -0.15) is 0 Å². The lowest BCUT2D eigenvalue weighted by Gasteiger charge is -2.29. The maximum absolute atomic E-state index is 12.6. The molecule has 1 aliphatic heterocycles. The summed E-state index contributed by atoms with van der Waals surface area (Å²) in [7, 11) is 0. The van der Waals surface area contributed by atoms with Gasteiger partial charge in [-0.1, -0.05) is 85.2 Å². The van der Waals surface area contributed by atoms with Gasteiger partial charge in [0.15, 0.2) is 0 Å². The Morgan fingerprint density at radius 2 is 1.96 bits per heavy atom. The zero-order valence-electron chi connectivity index (χ0n) is 12.7. The molecule has 0 unspecified atom stereocenters. The number of hydrogen-bond donors (Lipinski definition) is 0. The first-order chi connectivity index (χ1) is 11.2. The highest BCUT2D eigenvalue weighted by atomic mass is 35.5. The van der Waals surface area contributed by atoms with Gasteiger partial charge < -0.3 is 0 Å². The van der Waals surface area contributed by atoms with Crippen LogP contribution in [-0.4, -0.2) is 21.2 Å². The SMILES string of the molecule is O=C1/C(=C\C=C\c2ccccc2Cl)SC(=S)N1C1CCCCC1. The molecule has 0 spiro atoms. The van der Waals surface area contributed by atoms with Gasteiger partial charge in [-0.05, 0) is 30.5 Å². The number of amides is 1. The summed E-state index contributed by atoms with van der Waals surface area (Å²) in [5, 5.41) is 0.701. The number of carbonyl (C=O) groups excluding carboxylic acids is 1. The molecule has 1 aromatic carbocycles. The minimum atomic E-state index is 0.0516. The number of allylic oxidation sites excluding steroid dienone is 2. The van der Waals surface area contributed by atoms with Crippen molar-refractivity contribution in [3.05, 3.63) is 51.9 Å². The van der Waals surface area contributed by atoms with Crippen molar-refractivity contribution >= 4 is 51.9 Å². The molecule has 1 heterocycles. The fraction of sp³-hybridized carbons (Fsp3) is 0.333. The van der Waals surface area contributed by atoms with E-state index in [1.54, 1.807) is 0 Å². The highest BCUT2D eigenvalue weighted by Gasteiger charge is 2.37. The lowest BCUT2D eigenvalue weighted by Crippen LogP contribution is -2.39. The second kappa shape index (κ2) is 7.65. The van der Waals surface area contributed by atoms with Crippen LogP contribution in [0, 0.1) is 0 Å². The van der Waals surface area contributed by atoms with E-state index < -0.39 is 0 Å². The van der Waals surface area contributed by atoms with Crippen molar-refractivity contribution in [2.75, 3.05) is 0 Å². The van der Waals surface area contributed by atoms with E-state index in [-0.39, 0.29) is 11.9 Å². The third-order valence-corrected chi connectivity index (χ3v) is 5.88. The molecule has 1 aliphatic carbocycles. The van der Waals surface area contributed by atoms with Crippen LogP contribution in [0.3, 0.4) is 0 Å². The van der Waals surface area contributed by atoms with E-state index in [2.05, 4.69) is 0 Å². The molecule has 0 radical (unpaired) electrons. The van der Waals surface area contributed by atoms with Crippen molar-refractivity contribution in [2.45, 2.75) is 38.1 Å². The van der Waals surface area contributed by atoms with Gasteiger partial charge in [0.25, 0.3) is 5.91 Å². The molecular weight excluding hydrogens is 346 g/mol. The first kappa shape index (κ1) is 16.7. The Kier molecular flexibility index (Phi) is 5.57. The number of thiocarbonyl (C=S) groups is 1. The highest BCUT2D eigenvalue weighted by molar-refractivity contribution is 8.26. The molecule has 1 saturated carbocycles. The first-order valence-electron chi connectivity index (χ1n) is 7.85. The fourth-order valence-corrected chi connectivity index (χ4v) is 4.55. The Balaban J connectivity index is 1.72. The summed E-state index contributed by atoms with van der Waals surface area (Å²) in [4.78, 5) is 15.1. The Labute approximate surface area is 151 Å². The van der Waals surface area contributed by atoms with Crippen molar-refractivity contribution in [3.8, 4) is 0 Å². The van der Waals surface area contributed by atoms with Crippen LogP contribution in [0.5, 0.6) is 0 Å². The van der Waals surface area contributed by atoms with Gasteiger partial charge in [0.1, 0.15) is 4.32 Å². The number of carbonyl (C=O) groups is 1. The van der Waals surface area contributed by atoms with Crippen molar-refractivity contribution in [1.29, 1.82) is 0 Å². The smallest absolute Gasteiger partial charge is 0.266 e. The first-order valence-corrected chi connectivity index (χ1v) is 9.45. The molecule has 5 heteroatoms. The quantitative estimate of drug-likeness (QED) is 0.527. The van der Waals surface area contributed by atoms with Gasteiger partial charge in [-0.25, -0.2) is 0 Å². The van der Waals surface area contributed by atoms with Crippen LogP contribution in [0.15, 0.2) is 41.3 Å². The second-order valence-corrected chi connectivity index (χ2v) is 7.83. The van der Waals surface area contributed by atoms with Crippen molar-refractivity contribution < 1.29 is 4.79 Å². The van der Waals surface area contributed by atoms with Crippen LogP contribution in [0.2, 0.25) is 5.02 Å². The Morgan fingerprint density at radius 3 is 2.70 bits per heavy atom. The van der Waals surface area contributed by atoms with Gasteiger partial charge in [0, 0.05) is 11.1 Å². The fourth-order valence-electron chi connectivity index (χ4n) is 3.00. The van der Waals surface area contributed by atoms with Crippen molar-refractivity contribution in [3.63, 3.8) is 0 Å². The third-order valence-electron chi connectivity index (χ3n) is 4.19. The standard InChI is InChI=1S/C18H18ClNOS2/c19-15-11-5-4-7-13(15)8-6-12-16-17(21)20(18(22)23-16)14-9-2-1-3-10-14/h4-8,11-12,14H,1-3,9-10H2/b8-6+,16-12+. The Hall–Kier alpha value is -1.10. The molecule has 1 aromatic rings. The summed E-state index contributed by atoms with van der Waals surface area (Å²) in [6, 6.07) is 7.92. The molecule has 1 saturated heterocycles. The Morgan fingerprint density at radius 1 is 1.22 bits per heavy atom. The normalized spacial score (nSPS) is 21.8.